The van der Waals surface area contributed by atoms with Crippen molar-refractivity contribution in [3.05, 3.63) is 82.2 Å². The molecule has 2 aromatic carbocycles. The van der Waals surface area contributed by atoms with Gasteiger partial charge in [-0.15, -0.1) is 0 Å². The molecule has 3 aliphatic carbocycles. The molecule has 0 fully saturated rings. The average molecular weight is 289 g/mol. The molecule has 3 aliphatic rings. The lowest BCUT2D eigenvalue weighted by molar-refractivity contribution is -0.150. The Balaban J connectivity index is 2.16. The molecule has 0 saturated heterocycles. The Morgan fingerprint density at radius 2 is 1.64 bits per heavy atom. The number of hydrogen-bond donors (Lipinski definition) is 1. The third kappa shape index (κ3) is 1.28. The van der Waals surface area contributed by atoms with Crippen molar-refractivity contribution in [1.29, 1.82) is 0 Å². The molecule has 1 unspecified atom stereocenters. The van der Waals surface area contributed by atoms with Gasteiger partial charge in [-0.1, -0.05) is 48.5 Å². The van der Waals surface area contributed by atoms with Crippen LogP contribution in [0.3, 0.4) is 0 Å². The van der Waals surface area contributed by atoms with Crippen molar-refractivity contribution in [2.45, 2.75) is 24.8 Å². The van der Waals surface area contributed by atoms with Crippen molar-refractivity contribution in [2.24, 2.45) is 5.41 Å². The van der Waals surface area contributed by atoms with E-state index in [9.17, 15) is 9.90 Å². The molecule has 0 saturated carbocycles. The summed E-state index contributed by atoms with van der Waals surface area (Å²) in [5.41, 5.74) is 2.11. The summed E-state index contributed by atoms with van der Waals surface area (Å²) in [4.78, 5) is 16.0. The van der Waals surface area contributed by atoms with Crippen LogP contribution in [0.25, 0.3) is 4.85 Å². The first-order valence-electron chi connectivity index (χ1n) is 7.35. The molecule has 22 heavy (non-hydrogen) atoms. The van der Waals surface area contributed by atoms with E-state index in [1.165, 1.54) is 0 Å². The number of carboxylic acid groups (broad SMARTS) is 1. The van der Waals surface area contributed by atoms with Gasteiger partial charge in [0.1, 0.15) is 0 Å². The summed E-state index contributed by atoms with van der Waals surface area (Å²) in [7, 11) is 0. The zero-order valence-corrected chi connectivity index (χ0v) is 12.2. The standard InChI is InChI=1S/C19H15NO2/c1-18(17(21)22)11-19(20-2)14-9-5-3-7-12(14)16(18)13-8-4-6-10-15(13)19/h3-10,16H,11H2,1H3,(H,21,22). The second-order valence-corrected chi connectivity index (χ2v) is 6.48. The molecule has 1 N–H and O–H groups in total. The van der Waals surface area contributed by atoms with Crippen LogP contribution in [0, 0.1) is 12.0 Å². The molecule has 3 heteroatoms. The predicted molar refractivity (Wildman–Crippen MR) is 82.5 cm³/mol. The van der Waals surface area contributed by atoms with Crippen molar-refractivity contribution in [3.8, 4) is 0 Å². The summed E-state index contributed by atoms with van der Waals surface area (Å²) in [6.45, 7) is 9.66. The first kappa shape index (κ1) is 13.1. The Bertz CT molecular complexity index is 801. The fourth-order valence-electron chi connectivity index (χ4n) is 4.43. The summed E-state index contributed by atoms with van der Waals surface area (Å²) in [6.07, 6.45) is 0.331. The van der Waals surface area contributed by atoms with Crippen molar-refractivity contribution < 1.29 is 9.90 Å². The maximum atomic E-state index is 12.0. The van der Waals surface area contributed by atoms with Gasteiger partial charge in [-0.05, 0) is 18.1 Å². The monoisotopic (exact) mass is 289 g/mol. The van der Waals surface area contributed by atoms with Crippen LogP contribution in [-0.2, 0) is 10.3 Å². The van der Waals surface area contributed by atoms with Crippen LogP contribution in [0.1, 0.15) is 41.5 Å². The molecule has 0 aromatic heterocycles. The lowest BCUT2D eigenvalue weighted by Crippen LogP contribution is -2.51. The normalized spacial score (nSPS) is 31.0. The van der Waals surface area contributed by atoms with Gasteiger partial charge in [-0.3, -0.25) is 9.64 Å². The summed E-state index contributed by atoms with van der Waals surface area (Å²) < 4.78 is 0. The van der Waals surface area contributed by atoms with Gasteiger partial charge in [0.15, 0.2) is 0 Å². The van der Waals surface area contributed by atoms with E-state index >= 15 is 0 Å². The molecule has 1 atom stereocenters. The number of benzene rings is 2. The number of carboxylic acids is 1. The van der Waals surface area contributed by atoms with Gasteiger partial charge < -0.3 is 5.11 Å². The van der Waals surface area contributed by atoms with Crippen molar-refractivity contribution in [1.82, 2.24) is 0 Å². The highest BCUT2D eigenvalue weighted by Gasteiger charge is 2.65. The summed E-state index contributed by atoms with van der Waals surface area (Å²) in [6, 6.07) is 15.7. The zero-order valence-electron chi connectivity index (χ0n) is 12.2. The number of rotatable bonds is 1. The molecular weight excluding hydrogens is 274 g/mol. The average Bonchev–Trinajstić information content (AvgIpc) is 2.55. The number of fused-ring (bicyclic) bond motifs is 1. The Kier molecular flexibility index (Phi) is 2.37. The van der Waals surface area contributed by atoms with E-state index in [0.29, 0.717) is 6.42 Å². The van der Waals surface area contributed by atoms with Gasteiger partial charge in [0, 0.05) is 17.0 Å². The molecule has 3 nitrogen and oxygen atoms in total. The van der Waals surface area contributed by atoms with Gasteiger partial charge in [-0.25, -0.2) is 6.57 Å². The van der Waals surface area contributed by atoms with Crippen LogP contribution in [0.5, 0.6) is 0 Å². The topological polar surface area (TPSA) is 41.7 Å². The Labute approximate surface area is 129 Å². The smallest absolute Gasteiger partial charge is 0.310 e. The van der Waals surface area contributed by atoms with Gasteiger partial charge in [0.05, 0.1) is 11.8 Å². The summed E-state index contributed by atoms with van der Waals surface area (Å²) in [5, 5.41) is 9.88. The third-order valence-corrected chi connectivity index (χ3v) is 5.37. The molecule has 0 amide bonds. The van der Waals surface area contributed by atoms with Crippen molar-refractivity contribution in [3.63, 3.8) is 0 Å². The molecule has 5 rings (SSSR count). The van der Waals surface area contributed by atoms with E-state index in [-0.39, 0.29) is 5.92 Å². The quantitative estimate of drug-likeness (QED) is 0.812. The van der Waals surface area contributed by atoms with Gasteiger partial charge >= 0.3 is 5.97 Å². The highest BCUT2D eigenvalue weighted by Crippen LogP contribution is 2.64. The van der Waals surface area contributed by atoms with Crippen molar-refractivity contribution >= 4 is 5.97 Å². The number of carbonyl (C=O) groups is 1. The van der Waals surface area contributed by atoms with E-state index in [0.717, 1.165) is 22.3 Å². The van der Waals surface area contributed by atoms with Gasteiger partial charge in [0.25, 0.3) is 5.54 Å². The molecule has 0 heterocycles. The molecule has 2 aromatic rings. The number of hydrogen-bond acceptors (Lipinski definition) is 1. The van der Waals surface area contributed by atoms with E-state index in [1.54, 1.807) is 6.92 Å². The Morgan fingerprint density at radius 1 is 1.14 bits per heavy atom. The van der Waals surface area contributed by atoms with Crippen LogP contribution in [0.15, 0.2) is 48.5 Å². The molecule has 0 aliphatic heterocycles. The highest BCUT2D eigenvalue weighted by molar-refractivity contribution is 5.81. The summed E-state index contributed by atoms with van der Waals surface area (Å²) >= 11 is 0. The Morgan fingerprint density at radius 3 is 2.09 bits per heavy atom. The van der Waals surface area contributed by atoms with E-state index in [4.69, 9.17) is 6.57 Å². The second-order valence-electron chi connectivity index (χ2n) is 6.48. The first-order valence-corrected chi connectivity index (χ1v) is 7.35. The lowest BCUT2D eigenvalue weighted by Gasteiger charge is -2.50. The minimum absolute atomic E-state index is 0.193. The van der Waals surface area contributed by atoms with E-state index in [2.05, 4.69) is 4.85 Å². The summed E-state index contributed by atoms with van der Waals surface area (Å²) in [5.74, 6) is -1.02. The molecular formula is C19H15NO2. The first-order chi connectivity index (χ1) is 10.5. The molecule has 0 radical (unpaired) electrons. The number of aliphatic carboxylic acids is 1. The lowest BCUT2D eigenvalue weighted by atomic mass is 9.50. The fraction of sp³-hybridized carbons (Fsp3) is 0.263. The maximum absolute atomic E-state index is 12.0. The minimum atomic E-state index is -0.951. The van der Waals surface area contributed by atoms with Crippen LogP contribution in [0.2, 0.25) is 0 Å². The molecule has 0 spiro atoms. The third-order valence-electron chi connectivity index (χ3n) is 5.37. The Hall–Kier alpha value is -2.60. The fourth-order valence-corrected chi connectivity index (χ4v) is 4.43. The minimum Gasteiger partial charge on any atom is -0.481 e. The van der Waals surface area contributed by atoms with Crippen LogP contribution in [-0.4, -0.2) is 11.1 Å². The second kappa shape index (κ2) is 3.98. The number of nitrogens with zero attached hydrogens (tertiary/aromatic N) is 1. The molecule has 108 valence electrons. The zero-order chi connectivity index (χ0) is 15.5. The van der Waals surface area contributed by atoms with Gasteiger partial charge in [0.2, 0.25) is 0 Å². The van der Waals surface area contributed by atoms with Crippen LogP contribution in [0.4, 0.5) is 0 Å². The SMILES string of the molecule is [C-]#[N+]C12CC(C)(C(=O)O)C(c3ccccc31)c1ccccc12. The predicted octanol–water partition coefficient (Wildman–Crippen LogP) is 3.79. The van der Waals surface area contributed by atoms with Crippen LogP contribution < -0.4 is 0 Å². The van der Waals surface area contributed by atoms with E-state index < -0.39 is 16.9 Å². The molecule has 2 bridgehead atoms. The van der Waals surface area contributed by atoms with Crippen LogP contribution >= 0.6 is 0 Å². The van der Waals surface area contributed by atoms with E-state index in [1.807, 2.05) is 48.5 Å². The largest absolute Gasteiger partial charge is 0.481 e. The van der Waals surface area contributed by atoms with Crippen molar-refractivity contribution in [2.75, 3.05) is 0 Å². The highest BCUT2D eigenvalue weighted by atomic mass is 16.4. The van der Waals surface area contributed by atoms with Gasteiger partial charge in [-0.2, -0.15) is 0 Å². The maximum Gasteiger partial charge on any atom is 0.310 e.